The first-order valence-electron chi connectivity index (χ1n) is 11.6. The predicted octanol–water partition coefficient (Wildman–Crippen LogP) is 4.53. The van der Waals surface area contributed by atoms with Crippen molar-refractivity contribution in [2.75, 3.05) is 18.4 Å². The van der Waals surface area contributed by atoms with Crippen molar-refractivity contribution in [3.8, 4) is 0 Å². The molecule has 0 amide bonds. The fraction of sp³-hybridized carbons (Fsp3) is 0.500. The summed E-state index contributed by atoms with van der Waals surface area (Å²) in [7, 11) is -3.47. The van der Waals surface area contributed by atoms with E-state index < -0.39 is 15.3 Å². The standard InChI is InChI=1S/C24H37N5O3S/c1-21(2)33(30,31)29(32-20-22-12-8-7-9-13-22)19-11-6-4-3-5-10-16-27-24(25)28-23-14-17-26-18-15-23/h7-9,12-15,17-18,21H,3-6,10-11,16,19-20H2,1-2H3,(H3,25,26,27,28). The van der Waals surface area contributed by atoms with Gasteiger partial charge in [-0.05, 0) is 44.4 Å². The lowest BCUT2D eigenvalue weighted by atomic mass is 10.1. The van der Waals surface area contributed by atoms with Crippen molar-refractivity contribution in [1.29, 1.82) is 5.41 Å². The summed E-state index contributed by atoms with van der Waals surface area (Å²) in [5, 5.41) is 13.4. The second kappa shape index (κ2) is 14.6. The van der Waals surface area contributed by atoms with E-state index in [4.69, 9.17) is 10.2 Å². The Morgan fingerprint density at radius 1 is 1.00 bits per heavy atom. The molecule has 0 saturated heterocycles. The highest BCUT2D eigenvalue weighted by Gasteiger charge is 2.26. The van der Waals surface area contributed by atoms with Gasteiger partial charge in [0.15, 0.2) is 5.96 Å². The molecule has 0 radical (unpaired) electrons. The second-order valence-electron chi connectivity index (χ2n) is 8.16. The minimum Gasteiger partial charge on any atom is -0.356 e. The predicted molar refractivity (Wildman–Crippen MR) is 133 cm³/mol. The van der Waals surface area contributed by atoms with Gasteiger partial charge in [-0.3, -0.25) is 15.2 Å². The minimum absolute atomic E-state index is 0.241. The van der Waals surface area contributed by atoms with Crippen LogP contribution in [0.4, 0.5) is 5.69 Å². The summed E-state index contributed by atoms with van der Waals surface area (Å²) < 4.78 is 26.4. The summed E-state index contributed by atoms with van der Waals surface area (Å²) >= 11 is 0. The van der Waals surface area contributed by atoms with Crippen LogP contribution in [0.1, 0.15) is 57.9 Å². The molecule has 0 fully saturated rings. The van der Waals surface area contributed by atoms with Crippen LogP contribution in [0.5, 0.6) is 0 Å². The van der Waals surface area contributed by atoms with Crippen LogP contribution in [0, 0.1) is 5.41 Å². The number of benzene rings is 1. The van der Waals surface area contributed by atoms with E-state index in [1.807, 2.05) is 42.5 Å². The van der Waals surface area contributed by atoms with Gasteiger partial charge in [0, 0.05) is 31.2 Å². The van der Waals surface area contributed by atoms with E-state index in [-0.39, 0.29) is 12.6 Å². The van der Waals surface area contributed by atoms with Gasteiger partial charge in [-0.25, -0.2) is 8.42 Å². The Hall–Kier alpha value is -2.49. The number of pyridine rings is 1. The number of aromatic nitrogens is 1. The van der Waals surface area contributed by atoms with Gasteiger partial charge in [-0.15, -0.1) is 0 Å². The highest BCUT2D eigenvalue weighted by molar-refractivity contribution is 7.89. The highest BCUT2D eigenvalue weighted by atomic mass is 32.2. The Morgan fingerprint density at radius 3 is 2.30 bits per heavy atom. The Bertz CT molecular complexity index is 908. The Morgan fingerprint density at radius 2 is 1.64 bits per heavy atom. The van der Waals surface area contributed by atoms with E-state index >= 15 is 0 Å². The number of sulfonamides is 1. The topological polar surface area (TPSA) is 107 Å². The SMILES string of the molecule is CC(C)S(=O)(=O)N(CCCCCCCCNC(=N)Nc1ccncc1)OCc1ccccc1. The molecule has 3 N–H and O–H groups in total. The molecule has 0 atom stereocenters. The molecule has 33 heavy (non-hydrogen) atoms. The van der Waals surface area contributed by atoms with Crippen molar-refractivity contribution in [1.82, 2.24) is 14.8 Å². The van der Waals surface area contributed by atoms with E-state index in [1.54, 1.807) is 26.2 Å². The average Bonchev–Trinajstić information content (AvgIpc) is 2.80. The van der Waals surface area contributed by atoms with Crippen LogP contribution in [0.3, 0.4) is 0 Å². The van der Waals surface area contributed by atoms with Gasteiger partial charge >= 0.3 is 0 Å². The zero-order valence-electron chi connectivity index (χ0n) is 19.7. The molecule has 9 heteroatoms. The number of hydroxylamine groups is 1. The van der Waals surface area contributed by atoms with Gasteiger partial charge in [0.2, 0.25) is 10.0 Å². The van der Waals surface area contributed by atoms with Crippen molar-refractivity contribution < 1.29 is 13.3 Å². The molecule has 0 aliphatic carbocycles. The molecule has 2 aromatic rings. The van der Waals surface area contributed by atoms with Crippen LogP contribution in [-0.4, -0.2) is 42.2 Å². The average molecular weight is 476 g/mol. The van der Waals surface area contributed by atoms with E-state index in [0.717, 1.165) is 56.3 Å². The van der Waals surface area contributed by atoms with Crippen LogP contribution < -0.4 is 10.6 Å². The number of guanidine groups is 1. The summed E-state index contributed by atoms with van der Waals surface area (Å²) in [4.78, 5) is 9.64. The van der Waals surface area contributed by atoms with Gasteiger partial charge in [0.1, 0.15) is 0 Å². The van der Waals surface area contributed by atoms with Crippen molar-refractivity contribution in [3.63, 3.8) is 0 Å². The molecule has 0 spiro atoms. The van der Waals surface area contributed by atoms with Crippen LogP contribution >= 0.6 is 0 Å². The Balaban J connectivity index is 1.59. The van der Waals surface area contributed by atoms with E-state index in [0.29, 0.717) is 6.54 Å². The molecule has 2 rings (SSSR count). The summed E-state index contributed by atoms with van der Waals surface area (Å²) in [6, 6.07) is 13.2. The molecule has 0 aliphatic heterocycles. The van der Waals surface area contributed by atoms with Gasteiger partial charge in [0.25, 0.3) is 0 Å². The minimum atomic E-state index is -3.47. The lowest BCUT2D eigenvalue weighted by Crippen LogP contribution is -2.37. The lowest BCUT2D eigenvalue weighted by molar-refractivity contribution is -0.0973. The van der Waals surface area contributed by atoms with Crippen molar-refractivity contribution in [2.45, 2.75) is 64.2 Å². The molecular formula is C24H37N5O3S. The molecule has 1 heterocycles. The van der Waals surface area contributed by atoms with Crippen molar-refractivity contribution in [2.24, 2.45) is 0 Å². The molecule has 8 nitrogen and oxygen atoms in total. The first-order chi connectivity index (χ1) is 15.9. The van der Waals surface area contributed by atoms with Crippen LogP contribution in [-0.2, 0) is 21.5 Å². The molecule has 1 aromatic carbocycles. The third kappa shape index (κ3) is 10.3. The molecular weight excluding hydrogens is 438 g/mol. The zero-order valence-corrected chi connectivity index (χ0v) is 20.5. The third-order valence-electron chi connectivity index (χ3n) is 5.12. The fourth-order valence-electron chi connectivity index (χ4n) is 3.13. The Labute approximate surface area is 198 Å². The summed E-state index contributed by atoms with van der Waals surface area (Å²) in [6.07, 6.45) is 9.24. The van der Waals surface area contributed by atoms with Crippen LogP contribution in [0.15, 0.2) is 54.9 Å². The number of unbranched alkanes of at least 4 members (excludes halogenated alkanes) is 5. The maximum Gasteiger partial charge on any atom is 0.238 e. The van der Waals surface area contributed by atoms with Crippen molar-refractivity contribution >= 4 is 21.7 Å². The normalized spacial score (nSPS) is 11.6. The number of rotatable bonds is 15. The van der Waals surface area contributed by atoms with E-state index in [2.05, 4.69) is 15.6 Å². The summed E-state index contributed by atoms with van der Waals surface area (Å²) in [5.74, 6) is 0.281. The molecule has 182 valence electrons. The number of nitrogens with zero attached hydrogens (tertiary/aromatic N) is 2. The van der Waals surface area contributed by atoms with E-state index in [1.165, 1.54) is 4.47 Å². The summed E-state index contributed by atoms with van der Waals surface area (Å²) in [5.41, 5.74) is 1.78. The smallest absolute Gasteiger partial charge is 0.238 e. The molecule has 0 unspecified atom stereocenters. The van der Waals surface area contributed by atoms with Crippen LogP contribution in [0.2, 0.25) is 0 Å². The highest BCUT2D eigenvalue weighted by Crippen LogP contribution is 2.15. The summed E-state index contributed by atoms with van der Waals surface area (Å²) in [6.45, 7) is 4.70. The van der Waals surface area contributed by atoms with Crippen LogP contribution in [0.25, 0.3) is 0 Å². The van der Waals surface area contributed by atoms with Gasteiger partial charge in [-0.1, -0.05) is 60.5 Å². The molecule has 1 aromatic heterocycles. The fourth-order valence-corrected chi connectivity index (χ4v) is 4.18. The number of hydrogen-bond donors (Lipinski definition) is 3. The second-order valence-corrected chi connectivity index (χ2v) is 10.5. The van der Waals surface area contributed by atoms with Gasteiger partial charge in [0.05, 0.1) is 11.9 Å². The van der Waals surface area contributed by atoms with Gasteiger partial charge < -0.3 is 10.6 Å². The molecule has 0 bridgehead atoms. The van der Waals surface area contributed by atoms with Crippen molar-refractivity contribution in [3.05, 3.63) is 60.4 Å². The molecule has 0 aliphatic rings. The Kier molecular flexibility index (Phi) is 11.9. The monoisotopic (exact) mass is 475 g/mol. The number of nitrogens with one attached hydrogen (secondary N) is 3. The zero-order chi connectivity index (χ0) is 23.9. The third-order valence-corrected chi connectivity index (χ3v) is 7.16. The first kappa shape index (κ1) is 26.8. The number of anilines is 1. The maximum absolute atomic E-state index is 12.6. The van der Waals surface area contributed by atoms with E-state index in [9.17, 15) is 8.42 Å². The lowest BCUT2D eigenvalue weighted by Gasteiger charge is -2.23. The maximum atomic E-state index is 12.6. The largest absolute Gasteiger partial charge is 0.356 e. The van der Waals surface area contributed by atoms with Gasteiger partial charge in [-0.2, -0.15) is 0 Å². The first-order valence-corrected chi connectivity index (χ1v) is 13.1. The number of hydrogen-bond acceptors (Lipinski definition) is 5. The molecule has 0 saturated carbocycles. The quantitative estimate of drug-likeness (QED) is 0.151.